The quantitative estimate of drug-likeness (QED) is 0.485. The van der Waals surface area contributed by atoms with E-state index in [1.165, 1.54) is 23.8 Å². The molecule has 1 saturated heterocycles. The Hall–Kier alpha value is -3.86. The van der Waals surface area contributed by atoms with Crippen LogP contribution in [0.2, 0.25) is 0 Å². The molecule has 0 radical (unpaired) electrons. The van der Waals surface area contributed by atoms with Gasteiger partial charge in [0.05, 0.1) is 23.7 Å². The van der Waals surface area contributed by atoms with Gasteiger partial charge in [0.25, 0.3) is 5.91 Å². The maximum absolute atomic E-state index is 14.8. The molecule has 3 aromatic heterocycles. The highest BCUT2D eigenvalue weighted by Crippen LogP contribution is 2.33. The van der Waals surface area contributed by atoms with Crippen molar-refractivity contribution in [1.82, 2.24) is 34.6 Å². The number of imidazole rings is 1. The van der Waals surface area contributed by atoms with E-state index in [0.717, 1.165) is 31.1 Å². The molecule has 1 unspecified atom stereocenters. The molecule has 4 aromatic rings. The summed E-state index contributed by atoms with van der Waals surface area (Å²) in [5.74, 6) is -2.42. The fourth-order valence-corrected chi connectivity index (χ4v) is 4.14. The van der Waals surface area contributed by atoms with Gasteiger partial charge in [0, 0.05) is 50.1 Å². The zero-order valence-electron chi connectivity index (χ0n) is 18.9. The molecule has 1 aliphatic rings. The first-order valence-electron chi connectivity index (χ1n) is 10.8. The molecule has 1 amide bonds. The number of aromatic nitrogens is 5. The fraction of sp³-hybridized carbons (Fsp3) is 0.304. The second-order valence-corrected chi connectivity index (χ2v) is 8.37. The lowest BCUT2D eigenvalue weighted by molar-refractivity contribution is 0.0962. The normalized spacial score (nSPS) is 16.3. The number of likely N-dealkylation sites (tertiary alicyclic amines) is 1. The van der Waals surface area contributed by atoms with Crippen molar-refractivity contribution in [2.75, 3.05) is 27.2 Å². The Morgan fingerprint density at radius 1 is 1.18 bits per heavy atom. The number of amides is 1. The van der Waals surface area contributed by atoms with Crippen LogP contribution in [0.4, 0.5) is 8.78 Å². The van der Waals surface area contributed by atoms with Gasteiger partial charge in [-0.05, 0) is 31.7 Å². The number of nitrogens with one attached hydrogen (secondary N) is 1. The first-order valence-corrected chi connectivity index (χ1v) is 10.8. The number of aryl methyl sites for hydroxylation is 1. The van der Waals surface area contributed by atoms with E-state index in [4.69, 9.17) is 4.74 Å². The summed E-state index contributed by atoms with van der Waals surface area (Å²) in [5.41, 5.74) is 1.96. The van der Waals surface area contributed by atoms with Gasteiger partial charge >= 0.3 is 0 Å². The summed E-state index contributed by atoms with van der Waals surface area (Å²) in [6.45, 7) is 1.65. The summed E-state index contributed by atoms with van der Waals surface area (Å²) < 4.78 is 38.5. The predicted molar refractivity (Wildman–Crippen MR) is 120 cm³/mol. The highest BCUT2D eigenvalue weighted by molar-refractivity contribution is 5.95. The lowest BCUT2D eigenvalue weighted by atomic mass is 10.1. The Kier molecular flexibility index (Phi) is 5.48. The molecule has 1 N–H and O–H groups in total. The SMILES string of the molecule is CNC(=O)c1cc(F)c(F)c(-c2cnc3cc(-c4cnn(C)c4)c(OC4CCN(C)C4)nn23)c1. The number of nitrogens with zero attached hydrogens (tertiary/aromatic N) is 6. The zero-order valence-corrected chi connectivity index (χ0v) is 18.9. The first-order chi connectivity index (χ1) is 16.3. The van der Waals surface area contributed by atoms with Gasteiger partial charge in [-0.3, -0.25) is 9.48 Å². The minimum atomic E-state index is -1.14. The molecule has 0 saturated carbocycles. The molecule has 1 aliphatic heterocycles. The molecule has 0 aliphatic carbocycles. The molecule has 34 heavy (non-hydrogen) atoms. The van der Waals surface area contributed by atoms with Crippen molar-refractivity contribution in [3.63, 3.8) is 0 Å². The number of hydrogen-bond acceptors (Lipinski definition) is 6. The van der Waals surface area contributed by atoms with Crippen LogP contribution in [0.3, 0.4) is 0 Å². The molecule has 1 fully saturated rings. The van der Waals surface area contributed by atoms with Crippen molar-refractivity contribution in [2.45, 2.75) is 12.5 Å². The molecule has 176 valence electrons. The third kappa shape index (κ3) is 3.87. The van der Waals surface area contributed by atoms with E-state index in [1.54, 1.807) is 16.9 Å². The van der Waals surface area contributed by atoms with E-state index in [-0.39, 0.29) is 22.9 Å². The Morgan fingerprint density at radius 3 is 2.68 bits per heavy atom. The first kappa shape index (κ1) is 22.0. The summed E-state index contributed by atoms with van der Waals surface area (Å²) >= 11 is 0. The average Bonchev–Trinajstić information content (AvgIpc) is 3.54. The number of halogens is 2. The Morgan fingerprint density at radius 2 is 2.00 bits per heavy atom. The Balaban J connectivity index is 1.67. The Labute approximate surface area is 194 Å². The standard InChI is InChI=1S/C23H23F2N7O2/c1-26-22(33)13-6-17(21(25)18(24)7-13)19-10-27-20-8-16(14-9-28-31(3)11-14)23(29-32(19)20)34-15-4-5-30(2)12-15/h6-11,15H,4-5,12H2,1-3H3,(H,26,33). The van der Waals surface area contributed by atoms with Gasteiger partial charge in [-0.25, -0.2) is 18.3 Å². The lowest BCUT2D eigenvalue weighted by Gasteiger charge is -2.16. The van der Waals surface area contributed by atoms with Crippen LogP contribution in [-0.4, -0.2) is 68.5 Å². The van der Waals surface area contributed by atoms with E-state index in [9.17, 15) is 13.6 Å². The van der Waals surface area contributed by atoms with Crippen LogP contribution in [0.15, 0.2) is 36.8 Å². The van der Waals surface area contributed by atoms with Crippen molar-refractivity contribution in [3.8, 4) is 28.3 Å². The van der Waals surface area contributed by atoms with Gasteiger partial charge < -0.3 is 15.0 Å². The molecular formula is C23H23F2N7O2. The van der Waals surface area contributed by atoms with E-state index in [0.29, 0.717) is 17.1 Å². The van der Waals surface area contributed by atoms with Crippen molar-refractivity contribution in [3.05, 3.63) is 54.0 Å². The zero-order chi connectivity index (χ0) is 24.0. The number of likely N-dealkylation sites (N-methyl/N-ethyl adjacent to an activating group) is 1. The summed E-state index contributed by atoms with van der Waals surface area (Å²) in [6.07, 6.45) is 5.71. The minimum absolute atomic E-state index is 0.0104. The topological polar surface area (TPSA) is 89.6 Å². The van der Waals surface area contributed by atoms with Crippen LogP contribution in [0.1, 0.15) is 16.8 Å². The number of fused-ring (bicyclic) bond motifs is 1. The third-order valence-electron chi connectivity index (χ3n) is 5.89. The molecule has 11 heteroatoms. The summed E-state index contributed by atoms with van der Waals surface area (Å²) in [7, 11) is 5.25. The van der Waals surface area contributed by atoms with Crippen LogP contribution in [0, 0.1) is 11.6 Å². The van der Waals surface area contributed by atoms with Gasteiger partial charge in [0.2, 0.25) is 5.88 Å². The largest absolute Gasteiger partial charge is 0.471 e. The van der Waals surface area contributed by atoms with Crippen molar-refractivity contribution in [2.24, 2.45) is 7.05 Å². The van der Waals surface area contributed by atoms with E-state index >= 15 is 0 Å². The van der Waals surface area contributed by atoms with E-state index < -0.39 is 17.5 Å². The molecule has 1 aromatic carbocycles. The van der Waals surface area contributed by atoms with Crippen LogP contribution in [0.25, 0.3) is 28.0 Å². The van der Waals surface area contributed by atoms with Crippen molar-refractivity contribution in [1.29, 1.82) is 0 Å². The maximum Gasteiger partial charge on any atom is 0.251 e. The van der Waals surface area contributed by atoms with Crippen LogP contribution >= 0.6 is 0 Å². The number of carbonyl (C=O) groups excluding carboxylic acids is 1. The van der Waals surface area contributed by atoms with Gasteiger partial charge in [0.15, 0.2) is 17.3 Å². The lowest BCUT2D eigenvalue weighted by Crippen LogP contribution is -2.22. The molecule has 0 spiro atoms. The predicted octanol–water partition coefficient (Wildman–Crippen LogP) is 2.52. The second-order valence-electron chi connectivity index (χ2n) is 8.37. The monoisotopic (exact) mass is 467 g/mol. The van der Waals surface area contributed by atoms with Crippen LogP contribution in [-0.2, 0) is 7.05 Å². The van der Waals surface area contributed by atoms with Crippen LogP contribution < -0.4 is 10.1 Å². The molecule has 4 heterocycles. The summed E-state index contributed by atoms with van der Waals surface area (Å²) in [5, 5.41) is 11.3. The van der Waals surface area contributed by atoms with Gasteiger partial charge in [-0.1, -0.05) is 0 Å². The summed E-state index contributed by atoms with van der Waals surface area (Å²) in [6, 6.07) is 3.92. The number of hydrogen-bond donors (Lipinski definition) is 1. The molecule has 9 nitrogen and oxygen atoms in total. The number of benzene rings is 1. The average molecular weight is 467 g/mol. The van der Waals surface area contributed by atoms with Gasteiger partial charge in [0.1, 0.15) is 6.10 Å². The molecule has 1 atom stereocenters. The highest BCUT2D eigenvalue weighted by atomic mass is 19.2. The third-order valence-corrected chi connectivity index (χ3v) is 5.89. The smallest absolute Gasteiger partial charge is 0.251 e. The number of ether oxygens (including phenoxy) is 1. The molecular weight excluding hydrogens is 444 g/mol. The van der Waals surface area contributed by atoms with Crippen molar-refractivity contribution >= 4 is 11.6 Å². The van der Waals surface area contributed by atoms with E-state index in [1.807, 2.05) is 20.3 Å². The van der Waals surface area contributed by atoms with Crippen LogP contribution in [0.5, 0.6) is 5.88 Å². The van der Waals surface area contributed by atoms with Gasteiger partial charge in [-0.2, -0.15) is 5.10 Å². The van der Waals surface area contributed by atoms with Gasteiger partial charge in [-0.15, -0.1) is 5.10 Å². The van der Waals surface area contributed by atoms with E-state index in [2.05, 4.69) is 25.4 Å². The fourth-order valence-electron chi connectivity index (χ4n) is 4.14. The molecule has 5 rings (SSSR count). The minimum Gasteiger partial charge on any atom is -0.471 e. The number of rotatable bonds is 5. The Bertz CT molecular complexity index is 1400. The van der Waals surface area contributed by atoms with Crippen molar-refractivity contribution < 1.29 is 18.3 Å². The second kappa shape index (κ2) is 8.49. The maximum atomic E-state index is 14.8. The highest BCUT2D eigenvalue weighted by Gasteiger charge is 2.25. The molecule has 0 bridgehead atoms. The summed E-state index contributed by atoms with van der Waals surface area (Å²) in [4.78, 5) is 18.6. The number of carbonyl (C=O) groups is 1.